The normalized spacial score (nSPS) is 10.9. The van der Waals surface area contributed by atoms with Gasteiger partial charge in [-0.05, 0) is 28.3 Å². The second-order valence-corrected chi connectivity index (χ2v) is 4.45. The van der Waals surface area contributed by atoms with Gasteiger partial charge in [0.1, 0.15) is 17.3 Å². The average Bonchev–Trinajstić information content (AvgIpc) is 2.30. The zero-order valence-electron chi connectivity index (χ0n) is 9.12. The molecule has 0 aliphatic rings. The van der Waals surface area contributed by atoms with E-state index in [4.69, 9.17) is 10.00 Å². The summed E-state index contributed by atoms with van der Waals surface area (Å²) in [5, 5.41) is 11.4. The van der Waals surface area contributed by atoms with Crippen LogP contribution in [0, 0.1) is 17.3 Å². The Balaban J connectivity index is 3.25. The quantitative estimate of drug-likeness (QED) is 0.394. The molecule has 0 aliphatic carbocycles. The van der Waals surface area contributed by atoms with E-state index in [-0.39, 0.29) is 0 Å². The van der Waals surface area contributed by atoms with Crippen LogP contribution in [0.4, 0.5) is 10.1 Å². The Bertz CT molecular complexity index is 487. The van der Waals surface area contributed by atoms with Crippen LogP contribution in [0.1, 0.15) is 0 Å². The number of rotatable bonds is 2. The maximum Gasteiger partial charge on any atom is 0.183 e. The van der Waals surface area contributed by atoms with Crippen LogP contribution < -0.4 is 10.1 Å². The molecule has 0 radical (unpaired) electrons. The number of nitrogens with zero attached hydrogens (tertiary/aromatic N) is 2. The Morgan fingerprint density at radius 2 is 2.35 bits per heavy atom. The summed E-state index contributed by atoms with van der Waals surface area (Å²) in [5.74, 6) is -0.130. The highest BCUT2D eigenvalue weighted by atomic mass is 79.9. The minimum atomic E-state index is -0.424. The van der Waals surface area contributed by atoms with Gasteiger partial charge in [0.25, 0.3) is 0 Å². The number of thioether (sulfide) groups is 1. The molecule has 1 aromatic carbocycles. The Kier molecular flexibility index (Phi) is 5.25. The first kappa shape index (κ1) is 13.8. The standard InChI is InChI=1S/C10H9BrFN3OS/c1-16-8-4-6(12)3-7(11)9(8)15-10(17-2)14-5-13/h3-4H,1-2H3,(H,14,15). The number of aliphatic imine (C=N–C) groups is 1. The van der Waals surface area contributed by atoms with Crippen molar-refractivity contribution in [1.82, 2.24) is 5.32 Å². The van der Waals surface area contributed by atoms with Crippen LogP contribution in [0.5, 0.6) is 5.75 Å². The van der Waals surface area contributed by atoms with Crippen LogP contribution in [-0.2, 0) is 0 Å². The van der Waals surface area contributed by atoms with Gasteiger partial charge < -0.3 is 4.74 Å². The van der Waals surface area contributed by atoms with Crippen molar-refractivity contribution in [1.29, 1.82) is 5.26 Å². The predicted molar refractivity (Wildman–Crippen MR) is 70.0 cm³/mol. The number of amidine groups is 1. The van der Waals surface area contributed by atoms with E-state index in [9.17, 15) is 4.39 Å². The van der Waals surface area contributed by atoms with Gasteiger partial charge in [0, 0.05) is 6.07 Å². The molecule has 0 amide bonds. The highest BCUT2D eigenvalue weighted by molar-refractivity contribution is 9.10. The molecular weight excluding hydrogens is 309 g/mol. The van der Waals surface area contributed by atoms with Gasteiger partial charge in [-0.2, -0.15) is 5.26 Å². The van der Waals surface area contributed by atoms with Gasteiger partial charge in [-0.15, -0.1) is 0 Å². The van der Waals surface area contributed by atoms with Crippen molar-refractivity contribution in [2.24, 2.45) is 4.99 Å². The van der Waals surface area contributed by atoms with Crippen molar-refractivity contribution in [2.75, 3.05) is 13.4 Å². The smallest absolute Gasteiger partial charge is 0.183 e. The topological polar surface area (TPSA) is 57.4 Å². The van der Waals surface area contributed by atoms with E-state index < -0.39 is 5.82 Å². The number of hydrogen-bond acceptors (Lipinski definition) is 4. The zero-order valence-corrected chi connectivity index (χ0v) is 11.5. The number of halogens is 2. The van der Waals surface area contributed by atoms with Crippen molar-refractivity contribution in [3.8, 4) is 11.9 Å². The number of nitrogens with one attached hydrogen (secondary N) is 1. The Labute approximate surface area is 111 Å². The molecule has 1 rings (SSSR count). The fraction of sp³-hybridized carbons (Fsp3) is 0.200. The largest absolute Gasteiger partial charge is 0.494 e. The van der Waals surface area contributed by atoms with E-state index >= 15 is 0 Å². The van der Waals surface area contributed by atoms with E-state index in [1.165, 1.54) is 31.0 Å². The van der Waals surface area contributed by atoms with E-state index in [1.54, 1.807) is 12.4 Å². The summed E-state index contributed by atoms with van der Waals surface area (Å²) in [6.45, 7) is 0. The van der Waals surface area contributed by atoms with Crippen molar-refractivity contribution >= 4 is 38.5 Å². The molecule has 0 saturated heterocycles. The van der Waals surface area contributed by atoms with E-state index in [0.717, 1.165) is 0 Å². The summed E-state index contributed by atoms with van der Waals surface area (Å²) in [4.78, 5) is 4.19. The fourth-order valence-corrected chi connectivity index (χ4v) is 1.91. The van der Waals surface area contributed by atoms with Gasteiger partial charge in [-0.3, -0.25) is 5.32 Å². The lowest BCUT2D eigenvalue weighted by Crippen LogP contribution is -2.12. The second-order valence-electron chi connectivity index (χ2n) is 2.80. The highest BCUT2D eigenvalue weighted by Crippen LogP contribution is 2.36. The Hall–Kier alpha value is -1.26. The van der Waals surface area contributed by atoms with Crippen LogP contribution in [-0.4, -0.2) is 18.5 Å². The average molecular weight is 318 g/mol. The van der Waals surface area contributed by atoms with Crippen molar-refractivity contribution in [3.63, 3.8) is 0 Å². The van der Waals surface area contributed by atoms with Crippen LogP contribution in [0.25, 0.3) is 0 Å². The summed E-state index contributed by atoms with van der Waals surface area (Å²) < 4.78 is 18.6. The molecule has 0 fully saturated rings. The van der Waals surface area contributed by atoms with E-state index in [0.29, 0.717) is 21.1 Å². The van der Waals surface area contributed by atoms with Gasteiger partial charge in [-0.25, -0.2) is 9.38 Å². The monoisotopic (exact) mass is 317 g/mol. The third kappa shape index (κ3) is 3.61. The maximum atomic E-state index is 13.1. The lowest BCUT2D eigenvalue weighted by Gasteiger charge is -2.08. The minimum absolute atomic E-state index is 0.295. The van der Waals surface area contributed by atoms with E-state index in [1.807, 2.05) is 0 Å². The number of hydrogen-bond donors (Lipinski definition) is 1. The van der Waals surface area contributed by atoms with Gasteiger partial charge >= 0.3 is 0 Å². The molecule has 0 atom stereocenters. The molecule has 1 aromatic rings. The summed E-state index contributed by atoms with van der Waals surface area (Å²) in [6.07, 6.45) is 3.55. The zero-order chi connectivity index (χ0) is 12.8. The molecule has 0 aliphatic heterocycles. The molecule has 0 spiro atoms. The van der Waals surface area contributed by atoms with Gasteiger partial charge in [-0.1, -0.05) is 11.8 Å². The molecule has 0 unspecified atom stereocenters. The number of nitriles is 1. The van der Waals surface area contributed by atoms with Crippen LogP contribution in [0.15, 0.2) is 21.6 Å². The van der Waals surface area contributed by atoms with Crippen LogP contribution in [0.3, 0.4) is 0 Å². The van der Waals surface area contributed by atoms with E-state index in [2.05, 4.69) is 26.2 Å². The van der Waals surface area contributed by atoms with Gasteiger partial charge in [0.05, 0.1) is 11.6 Å². The lowest BCUT2D eigenvalue weighted by molar-refractivity contribution is 0.412. The molecule has 0 aromatic heterocycles. The van der Waals surface area contributed by atoms with Crippen molar-refractivity contribution in [3.05, 3.63) is 22.4 Å². The van der Waals surface area contributed by atoms with Crippen molar-refractivity contribution < 1.29 is 9.13 Å². The first-order valence-corrected chi connectivity index (χ1v) is 6.45. The van der Waals surface area contributed by atoms with Gasteiger partial charge in [0.15, 0.2) is 11.4 Å². The number of ether oxygens (including phenoxy) is 1. The highest BCUT2D eigenvalue weighted by Gasteiger charge is 2.10. The van der Waals surface area contributed by atoms with Crippen LogP contribution >= 0.6 is 27.7 Å². The molecule has 0 bridgehead atoms. The van der Waals surface area contributed by atoms with Gasteiger partial charge in [0.2, 0.25) is 0 Å². The third-order valence-electron chi connectivity index (χ3n) is 1.78. The summed E-state index contributed by atoms with van der Waals surface area (Å²) >= 11 is 4.47. The lowest BCUT2D eigenvalue weighted by atomic mass is 10.3. The molecule has 17 heavy (non-hydrogen) atoms. The van der Waals surface area contributed by atoms with Crippen LogP contribution in [0.2, 0.25) is 0 Å². The summed E-state index contributed by atoms with van der Waals surface area (Å²) in [7, 11) is 1.43. The minimum Gasteiger partial charge on any atom is -0.494 e. The van der Waals surface area contributed by atoms with Crippen molar-refractivity contribution in [2.45, 2.75) is 0 Å². The first-order chi connectivity index (χ1) is 8.12. The molecule has 1 N–H and O–H groups in total. The molecule has 4 nitrogen and oxygen atoms in total. The Morgan fingerprint density at radius 3 is 2.88 bits per heavy atom. The Morgan fingerprint density at radius 1 is 1.65 bits per heavy atom. The molecule has 90 valence electrons. The first-order valence-electron chi connectivity index (χ1n) is 4.43. The SMILES string of the molecule is COc1cc(F)cc(Br)c1N=C(NC#N)SC. The third-order valence-corrected chi connectivity index (χ3v) is 2.97. The number of methoxy groups -OCH3 is 1. The maximum absolute atomic E-state index is 13.1. The molecular formula is C10H9BrFN3OS. The molecule has 7 heteroatoms. The summed E-state index contributed by atoms with van der Waals surface area (Å²) in [6, 6.07) is 2.51. The molecule has 0 saturated carbocycles. The fourth-order valence-electron chi connectivity index (χ4n) is 1.08. The molecule has 0 heterocycles. The number of benzene rings is 1. The summed E-state index contributed by atoms with van der Waals surface area (Å²) in [5.41, 5.74) is 0.431. The second kappa shape index (κ2) is 6.47. The predicted octanol–water partition coefficient (Wildman–Crippen LogP) is 3.02.